The monoisotopic (exact) mass is 283 g/mol. The molecule has 5 heteroatoms. The van der Waals surface area contributed by atoms with Gasteiger partial charge < -0.3 is 10.3 Å². The van der Waals surface area contributed by atoms with Crippen LogP contribution < -0.4 is 5.73 Å². The Morgan fingerprint density at radius 3 is 2.57 bits per heavy atom. The summed E-state index contributed by atoms with van der Waals surface area (Å²) < 4.78 is 4.06. The molecule has 110 valence electrons. The first-order chi connectivity index (χ1) is 9.90. The van der Waals surface area contributed by atoms with Crippen molar-refractivity contribution in [2.45, 2.75) is 32.9 Å². The number of nitrogens with two attached hydrogens (primary N) is 1. The lowest BCUT2D eigenvalue weighted by Gasteiger charge is -2.24. The van der Waals surface area contributed by atoms with Gasteiger partial charge in [0.25, 0.3) is 0 Å². The van der Waals surface area contributed by atoms with Crippen LogP contribution in [0.4, 0.5) is 0 Å². The molecular formula is C16H21N5. The average Bonchev–Trinajstić information content (AvgIpc) is 3.00. The van der Waals surface area contributed by atoms with E-state index in [4.69, 9.17) is 10.7 Å². The Morgan fingerprint density at radius 1 is 1.24 bits per heavy atom. The predicted octanol–water partition coefficient (Wildman–Crippen LogP) is 2.65. The molecule has 2 N–H and O–H groups in total. The van der Waals surface area contributed by atoms with Gasteiger partial charge >= 0.3 is 0 Å². The summed E-state index contributed by atoms with van der Waals surface area (Å²) in [5.74, 6) is 0.944. The molecule has 0 aliphatic rings. The second-order valence-electron chi connectivity index (χ2n) is 6.37. The van der Waals surface area contributed by atoms with Crippen molar-refractivity contribution < 1.29 is 0 Å². The topological polar surface area (TPSA) is 61.7 Å². The zero-order chi connectivity index (χ0) is 15.2. The summed E-state index contributed by atoms with van der Waals surface area (Å²) in [5.41, 5.74) is 9.90. The van der Waals surface area contributed by atoms with Crippen LogP contribution in [0.1, 0.15) is 26.3 Å². The molecule has 2 heterocycles. The standard InChI is InChI=1S/C16H21N5/c1-16(2,3)21-14-6-5-11(8-17)7-13(14)19-15(21)12-9-18-20(4)10-12/h5-7,9-10H,8,17H2,1-4H3. The van der Waals surface area contributed by atoms with Crippen LogP contribution in [0.3, 0.4) is 0 Å². The number of fused-ring (bicyclic) bond motifs is 1. The minimum atomic E-state index is -0.0653. The summed E-state index contributed by atoms with van der Waals surface area (Å²) in [4.78, 5) is 4.83. The van der Waals surface area contributed by atoms with Gasteiger partial charge in [-0.2, -0.15) is 5.10 Å². The summed E-state index contributed by atoms with van der Waals surface area (Å²) in [6, 6.07) is 6.24. The molecule has 0 spiro atoms. The molecule has 5 nitrogen and oxygen atoms in total. The van der Waals surface area contributed by atoms with Crippen LogP contribution >= 0.6 is 0 Å². The van der Waals surface area contributed by atoms with Gasteiger partial charge in [-0.15, -0.1) is 0 Å². The number of imidazole rings is 1. The Labute approximate surface area is 124 Å². The van der Waals surface area contributed by atoms with Crippen molar-refractivity contribution in [1.82, 2.24) is 19.3 Å². The quantitative estimate of drug-likeness (QED) is 0.786. The van der Waals surface area contributed by atoms with Gasteiger partial charge in [0.15, 0.2) is 0 Å². The lowest BCUT2D eigenvalue weighted by molar-refractivity contribution is 0.413. The lowest BCUT2D eigenvalue weighted by Crippen LogP contribution is -2.22. The highest BCUT2D eigenvalue weighted by Crippen LogP contribution is 2.31. The molecule has 0 bridgehead atoms. The van der Waals surface area contributed by atoms with Crippen molar-refractivity contribution in [2.24, 2.45) is 12.8 Å². The highest BCUT2D eigenvalue weighted by molar-refractivity contribution is 5.81. The Kier molecular flexibility index (Phi) is 3.10. The second-order valence-corrected chi connectivity index (χ2v) is 6.37. The summed E-state index contributed by atoms with van der Waals surface area (Å²) in [7, 11) is 1.92. The van der Waals surface area contributed by atoms with Crippen molar-refractivity contribution >= 4 is 11.0 Å². The van der Waals surface area contributed by atoms with Crippen LogP contribution in [-0.2, 0) is 19.1 Å². The highest BCUT2D eigenvalue weighted by Gasteiger charge is 2.23. The molecule has 0 atom stereocenters. The maximum atomic E-state index is 5.74. The number of hydrogen-bond donors (Lipinski definition) is 1. The molecule has 0 radical (unpaired) electrons. The van der Waals surface area contributed by atoms with Gasteiger partial charge in [-0.05, 0) is 38.5 Å². The maximum absolute atomic E-state index is 5.74. The highest BCUT2D eigenvalue weighted by atomic mass is 15.2. The third-order valence-corrected chi connectivity index (χ3v) is 3.59. The van der Waals surface area contributed by atoms with Crippen LogP contribution in [0.5, 0.6) is 0 Å². The van der Waals surface area contributed by atoms with E-state index in [-0.39, 0.29) is 5.54 Å². The molecule has 0 fully saturated rings. The third-order valence-electron chi connectivity index (χ3n) is 3.59. The van der Waals surface area contributed by atoms with E-state index in [0.29, 0.717) is 6.54 Å². The molecular weight excluding hydrogens is 262 g/mol. The SMILES string of the molecule is Cn1cc(-c2nc3cc(CN)ccc3n2C(C)(C)C)cn1. The van der Waals surface area contributed by atoms with Crippen molar-refractivity contribution in [3.05, 3.63) is 36.2 Å². The molecule has 0 aliphatic heterocycles. The second kappa shape index (κ2) is 4.70. The van der Waals surface area contributed by atoms with Crippen LogP contribution in [0.25, 0.3) is 22.4 Å². The van der Waals surface area contributed by atoms with Gasteiger partial charge in [0.1, 0.15) is 5.82 Å². The van der Waals surface area contributed by atoms with Gasteiger partial charge in [-0.3, -0.25) is 4.68 Å². The van der Waals surface area contributed by atoms with E-state index in [1.54, 1.807) is 4.68 Å². The van der Waals surface area contributed by atoms with Crippen molar-refractivity contribution in [3.63, 3.8) is 0 Å². The fourth-order valence-corrected chi connectivity index (χ4v) is 2.66. The Morgan fingerprint density at radius 2 is 2.00 bits per heavy atom. The molecule has 3 aromatic rings. The van der Waals surface area contributed by atoms with Gasteiger partial charge in [-0.1, -0.05) is 6.07 Å². The molecule has 2 aromatic heterocycles. The van der Waals surface area contributed by atoms with Crippen molar-refractivity contribution in [1.29, 1.82) is 0 Å². The average molecular weight is 283 g/mol. The summed E-state index contributed by atoms with van der Waals surface area (Å²) in [6.07, 6.45) is 3.85. The van der Waals surface area contributed by atoms with E-state index < -0.39 is 0 Å². The number of aromatic nitrogens is 4. The molecule has 0 saturated heterocycles. The van der Waals surface area contributed by atoms with Crippen LogP contribution in [0.15, 0.2) is 30.6 Å². The van der Waals surface area contributed by atoms with Crippen LogP contribution in [0.2, 0.25) is 0 Å². The first kappa shape index (κ1) is 13.8. The molecule has 21 heavy (non-hydrogen) atoms. The van der Waals surface area contributed by atoms with E-state index in [9.17, 15) is 0 Å². The first-order valence-electron chi connectivity index (χ1n) is 7.11. The van der Waals surface area contributed by atoms with E-state index >= 15 is 0 Å². The van der Waals surface area contributed by atoms with Crippen LogP contribution in [-0.4, -0.2) is 19.3 Å². The van der Waals surface area contributed by atoms with Crippen LogP contribution in [0, 0.1) is 0 Å². The molecule has 3 rings (SSSR count). The number of hydrogen-bond acceptors (Lipinski definition) is 3. The Hall–Kier alpha value is -2.14. The van der Waals surface area contributed by atoms with Gasteiger partial charge in [0.05, 0.1) is 22.8 Å². The summed E-state index contributed by atoms with van der Waals surface area (Å²) >= 11 is 0. The normalized spacial score (nSPS) is 12.2. The Balaban J connectivity index is 2.32. The number of nitrogens with zero attached hydrogens (tertiary/aromatic N) is 4. The molecule has 0 aliphatic carbocycles. The van der Waals surface area contributed by atoms with Crippen molar-refractivity contribution in [2.75, 3.05) is 0 Å². The third kappa shape index (κ3) is 2.34. The van der Waals surface area contributed by atoms with Gasteiger partial charge in [0, 0.05) is 25.3 Å². The minimum absolute atomic E-state index is 0.0653. The van der Waals surface area contributed by atoms with E-state index in [0.717, 1.165) is 28.0 Å². The van der Waals surface area contributed by atoms with E-state index in [1.165, 1.54) is 0 Å². The smallest absolute Gasteiger partial charge is 0.144 e. The van der Waals surface area contributed by atoms with Gasteiger partial charge in [0.2, 0.25) is 0 Å². The fraction of sp³-hybridized carbons (Fsp3) is 0.375. The maximum Gasteiger partial charge on any atom is 0.144 e. The molecule has 1 aromatic carbocycles. The zero-order valence-electron chi connectivity index (χ0n) is 13.0. The molecule has 0 unspecified atom stereocenters. The summed E-state index contributed by atoms with van der Waals surface area (Å²) in [5, 5.41) is 4.26. The zero-order valence-corrected chi connectivity index (χ0v) is 13.0. The first-order valence-corrected chi connectivity index (χ1v) is 7.11. The number of benzene rings is 1. The number of rotatable bonds is 2. The molecule has 0 amide bonds. The largest absolute Gasteiger partial charge is 0.326 e. The van der Waals surface area contributed by atoms with Gasteiger partial charge in [-0.25, -0.2) is 4.98 Å². The Bertz CT molecular complexity index is 789. The summed E-state index contributed by atoms with van der Waals surface area (Å²) in [6.45, 7) is 7.08. The van der Waals surface area contributed by atoms with Crippen molar-refractivity contribution in [3.8, 4) is 11.4 Å². The lowest BCUT2D eigenvalue weighted by atomic mass is 10.1. The predicted molar refractivity (Wildman–Crippen MR) is 84.8 cm³/mol. The fourth-order valence-electron chi connectivity index (χ4n) is 2.66. The number of aryl methyl sites for hydroxylation is 1. The van der Waals surface area contributed by atoms with E-state index in [2.05, 4.69) is 48.6 Å². The van der Waals surface area contributed by atoms with E-state index in [1.807, 2.05) is 19.4 Å². The minimum Gasteiger partial charge on any atom is -0.326 e. The molecule has 0 saturated carbocycles.